The minimum absolute atomic E-state index is 0.114. The molecule has 0 aromatic carbocycles. The Kier molecular flexibility index (Phi) is 7.89. The minimum atomic E-state index is 0.114. The highest BCUT2D eigenvalue weighted by molar-refractivity contribution is 5.75. The van der Waals surface area contributed by atoms with Gasteiger partial charge in [-0.15, -0.1) is 0 Å². The second-order valence-electron chi connectivity index (χ2n) is 3.73. The maximum Gasteiger partial charge on any atom is 0.220 e. The molecule has 0 heterocycles. The summed E-state index contributed by atoms with van der Waals surface area (Å²) in [7, 11) is 0. The van der Waals surface area contributed by atoms with Crippen molar-refractivity contribution in [1.82, 2.24) is 10.6 Å². The summed E-state index contributed by atoms with van der Waals surface area (Å²) in [5.74, 6) is 0.523. The van der Waals surface area contributed by atoms with Crippen molar-refractivity contribution in [2.24, 2.45) is 5.92 Å². The summed E-state index contributed by atoms with van der Waals surface area (Å²) in [4.78, 5) is 21.0. The van der Waals surface area contributed by atoms with Gasteiger partial charge in [-0.3, -0.25) is 9.59 Å². The second-order valence-corrected chi connectivity index (χ2v) is 3.73. The molecule has 0 rings (SSSR count). The van der Waals surface area contributed by atoms with Crippen LogP contribution in [0.5, 0.6) is 0 Å². The lowest BCUT2D eigenvalue weighted by Crippen LogP contribution is -2.26. The van der Waals surface area contributed by atoms with E-state index in [9.17, 15) is 9.59 Å². The van der Waals surface area contributed by atoms with Crippen molar-refractivity contribution in [3.05, 3.63) is 0 Å². The molecule has 0 radical (unpaired) electrons. The van der Waals surface area contributed by atoms with E-state index in [-0.39, 0.29) is 5.91 Å². The lowest BCUT2D eigenvalue weighted by Gasteiger charge is -2.06. The van der Waals surface area contributed by atoms with Gasteiger partial charge >= 0.3 is 0 Å². The van der Waals surface area contributed by atoms with Gasteiger partial charge in [0.05, 0.1) is 0 Å². The van der Waals surface area contributed by atoms with Crippen LogP contribution in [0.15, 0.2) is 0 Å². The molecule has 0 fully saturated rings. The van der Waals surface area contributed by atoms with Gasteiger partial charge in [-0.05, 0) is 18.8 Å². The van der Waals surface area contributed by atoms with Crippen molar-refractivity contribution in [2.75, 3.05) is 13.1 Å². The summed E-state index contributed by atoms with van der Waals surface area (Å²) in [6.07, 6.45) is 3.09. The maximum atomic E-state index is 11.2. The average molecular weight is 200 g/mol. The quantitative estimate of drug-likeness (QED) is 0.447. The van der Waals surface area contributed by atoms with E-state index in [0.717, 1.165) is 12.8 Å². The van der Waals surface area contributed by atoms with Crippen LogP contribution in [0.25, 0.3) is 0 Å². The summed E-state index contributed by atoms with van der Waals surface area (Å²) in [6, 6.07) is 0. The number of rotatable bonds is 8. The van der Waals surface area contributed by atoms with E-state index >= 15 is 0 Å². The third-order valence-electron chi connectivity index (χ3n) is 1.75. The summed E-state index contributed by atoms with van der Waals surface area (Å²) >= 11 is 0. The number of hydrogen-bond donors (Lipinski definition) is 2. The zero-order chi connectivity index (χ0) is 10.8. The van der Waals surface area contributed by atoms with Gasteiger partial charge < -0.3 is 10.6 Å². The van der Waals surface area contributed by atoms with Crippen LogP contribution in [0.2, 0.25) is 0 Å². The van der Waals surface area contributed by atoms with Crippen molar-refractivity contribution in [3.8, 4) is 0 Å². The normalized spacial score (nSPS) is 9.93. The van der Waals surface area contributed by atoms with E-state index in [1.54, 1.807) is 0 Å². The van der Waals surface area contributed by atoms with Crippen molar-refractivity contribution >= 4 is 12.3 Å². The lowest BCUT2D eigenvalue weighted by atomic mass is 10.1. The second kappa shape index (κ2) is 8.53. The van der Waals surface area contributed by atoms with Crippen LogP contribution in [0.4, 0.5) is 0 Å². The average Bonchev–Trinajstić information content (AvgIpc) is 2.10. The molecule has 0 saturated heterocycles. The van der Waals surface area contributed by atoms with Gasteiger partial charge in [0.15, 0.2) is 0 Å². The molecule has 0 aliphatic carbocycles. The molecule has 0 aliphatic heterocycles. The smallest absolute Gasteiger partial charge is 0.220 e. The van der Waals surface area contributed by atoms with E-state index in [4.69, 9.17) is 0 Å². The Morgan fingerprint density at radius 2 is 1.93 bits per heavy atom. The van der Waals surface area contributed by atoms with Gasteiger partial charge in [-0.25, -0.2) is 0 Å². The molecule has 14 heavy (non-hydrogen) atoms. The fraction of sp³-hybridized carbons (Fsp3) is 0.800. The first-order chi connectivity index (χ1) is 6.66. The van der Waals surface area contributed by atoms with E-state index in [1.807, 2.05) is 13.8 Å². The number of unbranched alkanes of at least 4 members (excludes halogenated alkanes) is 1. The zero-order valence-electron chi connectivity index (χ0n) is 9.01. The Morgan fingerprint density at radius 1 is 1.29 bits per heavy atom. The van der Waals surface area contributed by atoms with Crippen LogP contribution in [0, 0.1) is 5.92 Å². The zero-order valence-corrected chi connectivity index (χ0v) is 9.01. The van der Waals surface area contributed by atoms with Crippen LogP contribution in [0.3, 0.4) is 0 Å². The molecule has 0 aromatic rings. The molecule has 0 aromatic heterocycles. The van der Waals surface area contributed by atoms with Crippen LogP contribution >= 0.6 is 0 Å². The highest BCUT2D eigenvalue weighted by Crippen LogP contribution is 1.97. The first kappa shape index (κ1) is 12.9. The minimum Gasteiger partial charge on any atom is -0.359 e. The summed E-state index contributed by atoms with van der Waals surface area (Å²) in [5.41, 5.74) is 0. The van der Waals surface area contributed by atoms with E-state index in [2.05, 4.69) is 10.6 Å². The molecule has 0 saturated carbocycles. The van der Waals surface area contributed by atoms with Crippen molar-refractivity contribution in [3.63, 3.8) is 0 Å². The van der Waals surface area contributed by atoms with Crippen LogP contribution in [0.1, 0.15) is 33.1 Å². The molecular formula is C10H20N2O2. The first-order valence-corrected chi connectivity index (χ1v) is 5.10. The van der Waals surface area contributed by atoms with Gasteiger partial charge in [0, 0.05) is 19.5 Å². The van der Waals surface area contributed by atoms with Crippen molar-refractivity contribution < 1.29 is 9.59 Å². The number of carbonyl (C=O) groups is 2. The topological polar surface area (TPSA) is 58.2 Å². The summed E-state index contributed by atoms with van der Waals surface area (Å²) in [6.45, 7) is 5.43. The molecule has 0 unspecified atom stereocenters. The van der Waals surface area contributed by atoms with E-state index in [1.165, 1.54) is 0 Å². The van der Waals surface area contributed by atoms with Gasteiger partial charge in [0.1, 0.15) is 0 Å². The van der Waals surface area contributed by atoms with Gasteiger partial charge in [0.2, 0.25) is 12.3 Å². The van der Waals surface area contributed by atoms with Gasteiger partial charge in [-0.2, -0.15) is 0 Å². The molecule has 4 heteroatoms. The Hall–Kier alpha value is -1.06. The molecule has 2 amide bonds. The molecule has 0 spiro atoms. The Labute approximate surface area is 85.4 Å². The maximum absolute atomic E-state index is 11.2. The Bertz CT molecular complexity index is 170. The monoisotopic (exact) mass is 200 g/mol. The van der Waals surface area contributed by atoms with Crippen LogP contribution < -0.4 is 10.6 Å². The molecule has 2 N–H and O–H groups in total. The largest absolute Gasteiger partial charge is 0.359 e. The van der Waals surface area contributed by atoms with Crippen molar-refractivity contribution in [2.45, 2.75) is 33.1 Å². The molecular weight excluding hydrogens is 180 g/mol. The fourth-order valence-corrected chi connectivity index (χ4v) is 1.08. The molecule has 0 atom stereocenters. The SMILES string of the molecule is CC(C)CC(=O)NCCCCNC=O. The number of carbonyl (C=O) groups excluding carboxylic acids is 2. The number of hydrogen-bond acceptors (Lipinski definition) is 2. The lowest BCUT2D eigenvalue weighted by molar-refractivity contribution is -0.121. The predicted octanol–water partition coefficient (Wildman–Crippen LogP) is 0.675. The van der Waals surface area contributed by atoms with Crippen LogP contribution in [-0.4, -0.2) is 25.4 Å². The standard InChI is InChI=1S/C10H20N2O2/c1-9(2)7-10(14)12-6-4-3-5-11-8-13/h8-9H,3-7H2,1-2H3,(H,11,13)(H,12,14). The first-order valence-electron chi connectivity index (χ1n) is 5.10. The fourth-order valence-electron chi connectivity index (χ4n) is 1.08. The Balaban J connectivity index is 3.19. The molecule has 0 aliphatic rings. The number of amides is 2. The number of nitrogens with one attached hydrogen (secondary N) is 2. The molecule has 0 bridgehead atoms. The molecule has 4 nitrogen and oxygen atoms in total. The highest BCUT2D eigenvalue weighted by atomic mass is 16.1. The predicted molar refractivity (Wildman–Crippen MR) is 55.8 cm³/mol. The van der Waals surface area contributed by atoms with Crippen LogP contribution in [-0.2, 0) is 9.59 Å². The van der Waals surface area contributed by atoms with E-state index < -0.39 is 0 Å². The summed E-state index contributed by atoms with van der Waals surface area (Å²) in [5, 5.41) is 5.41. The summed E-state index contributed by atoms with van der Waals surface area (Å²) < 4.78 is 0. The highest BCUT2D eigenvalue weighted by Gasteiger charge is 2.02. The molecule has 82 valence electrons. The van der Waals surface area contributed by atoms with E-state index in [0.29, 0.717) is 31.8 Å². The third kappa shape index (κ3) is 9.03. The Morgan fingerprint density at radius 3 is 2.50 bits per heavy atom. The van der Waals surface area contributed by atoms with Gasteiger partial charge in [0.25, 0.3) is 0 Å². The van der Waals surface area contributed by atoms with Crippen molar-refractivity contribution in [1.29, 1.82) is 0 Å². The van der Waals surface area contributed by atoms with Gasteiger partial charge in [-0.1, -0.05) is 13.8 Å². The third-order valence-corrected chi connectivity index (χ3v) is 1.75.